The molecule has 0 spiro atoms. The van der Waals surface area contributed by atoms with Crippen LogP contribution in [0.5, 0.6) is 0 Å². The summed E-state index contributed by atoms with van der Waals surface area (Å²) in [4.78, 5) is 9.80. The lowest BCUT2D eigenvalue weighted by Gasteiger charge is -2.11. The Balaban J connectivity index is 1.80. The van der Waals surface area contributed by atoms with E-state index in [1.54, 1.807) is 30.5 Å². The number of aryl methyl sites for hydroxylation is 1. The lowest BCUT2D eigenvalue weighted by Crippen LogP contribution is -2.37. The van der Waals surface area contributed by atoms with Crippen molar-refractivity contribution in [1.82, 2.24) is 15.6 Å². The van der Waals surface area contributed by atoms with Crippen LogP contribution in [0.25, 0.3) is 0 Å². The smallest absolute Gasteiger partial charge is 0.191 e. The van der Waals surface area contributed by atoms with E-state index in [1.165, 1.54) is 10.9 Å². The molecule has 0 radical (unpaired) electrons. The van der Waals surface area contributed by atoms with Crippen LogP contribution in [0.15, 0.2) is 33.9 Å². The molecule has 0 aliphatic rings. The maximum Gasteiger partial charge on any atom is 0.191 e. The molecule has 1 aromatic carbocycles. The summed E-state index contributed by atoms with van der Waals surface area (Å²) in [6, 6.07) is 4.97. The van der Waals surface area contributed by atoms with Gasteiger partial charge in [-0.25, -0.2) is 9.37 Å². The van der Waals surface area contributed by atoms with Crippen LogP contribution < -0.4 is 10.6 Å². The lowest BCUT2D eigenvalue weighted by molar-refractivity contribution is 0.606. The molecule has 0 aliphatic heterocycles. The van der Waals surface area contributed by atoms with Crippen molar-refractivity contribution in [3.8, 4) is 0 Å². The molecule has 0 amide bonds. The summed E-state index contributed by atoms with van der Waals surface area (Å²) in [5.41, 5.74) is 0.676. The number of thiazole rings is 1. The van der Waals surface area contributed by atoms with Crippen molar-refractivity contribution in [2.75, 3.05) is 13.6 Å². The summed E-state index contributed by atoms with van der Waals surface area (Å²) in [7, 11) is 1.72. The number of hydrogen-bond acceptors (Lipinski definition) is 3. The van der Waals surface area contributed by atoms with Crippen LogP contribution in [0, 0.1) is 5.82 Å². The lowest BCUT2D eigenvalue weighted by atomic mass is 10.1. The first-order chi connectivity index (χ1) is 11.1. The molecular formula is C16H20BrFN4S. The van der Waals surface area contributed by atoms with E-state index in [1.807, 2.05) is 6.20 Å². The highest BCUT2D eigenvalue weighted by atomic mass is 79.9. The second-order valence-electron chi connectivity index (χ2n) is 4.91. The van der Waals surface area contributed by atoms with Gasteiger partial charge in [-0.2, -0.15) is 0 Å². The van der Waals surface area contributed by atoms with Crippen molar-refractivity contribution in [1.29, 1.82) is 0 Å². The minimum absolute atomic E-state index is 0.187. The first-order valence-corrected chi connectivity index (χ1v) is 9.05. The number of rotatable bonds is 6. The number of nitrogens with zero attached hydrogens (tertiary/aromatic N) is 2. The van der Waals surface area contributed by atoms with Crippen molar-refractivity contribution >= 4 is 33.2 Å². The molecule has 0 atom stereocenters. The van der Waals surface area contributed by atoms with E-state index in [2.05, 4.69) is 43.5 Å². The average molecular weight is 399 g/mol. The third kappa shape index (κ3) is 5.58. The monoisotopic (exact) mass is 398 g/mol. The first-order valence-electron chi connectivity index (χ1n) is 7.44. The highest BCUT2D eigenvalue weighted by Gasteiger charge is 2.05. The molecule has 2 rings (SSSR count). The Kier molecular flexibility index (Phi) is 6.98. The fraction of sp³-hybridized carbons (Fsp3) is 0.375. The number of aromatic nitrogens is 1. The standard InChI is InChI=1S/C16H20BrFN4S/c1-3-13-9-21-15(23-13)10-22-16(19-2)20-7-6-11-8-12(17)4-5-14(11)18/h4-5,8-9H,3,6-7,10H2,1-2H3,(H2,19,20,22). The van der Waals surface area contributed by atoms with Gasteiger partial charge in [-0.15, -0.1) is 11.3 Å². The zero-order valence-corrected chi connectivity index (χ0v) is 15.6. The molecular weight excluding hydrogens is 379 g/mol. The molecule has 0 saturated heterocycles. The zero-order chi connectivity index (χ0) is 16.7. The quantitative estimate of drug-likeness (QED) is 0.577. The fourth-order valence-corrected chi connectivity index (χ4v) is 3.23. The van der Waals surface area contributed by atoms with Gasteiger partial charge in [0.15, 0.2) is 5.96 Å². The Labute approximate surface area is 148 Å². The Bertz CT molecular complexity index is 672. The maximum absolute atomic E-state index is 13.7. The van der Waals surface area contributed by atoms with Crippen LogP contribution in [0.4, 0.5) is 4.39 Å². The summed E-state index contributed by atoms with van der Waals surface area (Å²) in [6.45, 7) is 3.35. The van der Waals surface area contributed by atoms with E-state index in [0.717, 1.165) is 15.9 Å². The summed E-state index contributed by atoms with van der Waals surface area (Å²) in [6.07, 6.45) is 3.50. The van der Waals surface area contributed by atoms with Gasteiger partial charge in [0, 0.05) is 29.1 Å². The minimum atomic E-state index is -0.187. The summed E-state index contributed by atoms with van der Waals surface area (Å²) < 4.78 is 14.6. The number of hydrogen-bond donors (Lipinski definition) is 2. The van der Waals surface area contributed by atoms with E-state index in [-0.39, 0.29) is 5.82 Å². The molecule has 7 heteroatoms. The summed E-state index contributed by atoms with van der Waals surface area (Å²) in [5.74, 6) is 0.501. The van der Waals surface area contributed by atoms with Gasteiger partial charge in [0.25, 0.3) is 0 Å². The summed E-state index contributed by atoms with van der Waals surface area (Å²) >= 11 is 5.06. The molecule has 0 bridgehead atoms. The Morgan fingerprint density at radius 1 is 1.39 bits per heavy atom. The zero-order valence-electron chi connectivity index (χ0n) is 13.2. The normalized spacial score (nSPS) is 11.6. The molecule has 0 aliphatic carbocycles. The van der Waals surface area contributed by atoms with Gasteiger partial charge >= 0.3 is 0 Å². The Morgan fingerprint density at radius 2 is 2.22 bits per heavy atom. The number of nitrogens with one attached hydrogen (secondary N) is 2. The van der Waals surface area contributed by atoms with E-state index in [9.17, 15) is 4.39 Å². The molecule has 1 aromatic heterocycles. The first kappa shape index (κ1) is 17.9. The van der Waals surface area contributed by atoms with Crippen molar-refractivity contribution in [3.63, 3.8) is 0 Å². The minimum Gasteiger partial charge on any atom is -0.356 e. The van der Waals surface area contributed by atoms with Crippen LogP contribution in [0.2, 0.25) is 0 Å². The maximum atomic E-state index is 13.7. The van der Waals surface area contributed by atoms with Crippen LogP contribution in [-0.2, 0) is 19.4 Å². The molecule has 2 N–H and O–H groups in total. The highest BCUT2D eigenvalue weighted by Crippen LogP contribution is 2.15. The van der Waals surface area contributed by atoms with Gasteiger partial charge in [0.1, 0.15) is 10.8 Å². The van der Waals surface area contributed by atoms with Crippen molar-refractivity contribution < 1.29 is 4.39 Å². The van der Waals surface area contributed by atoms with Gasteiger partial charge in [-0.3, -0.25) is 4.99 Å². The van der Waals surface area contributed by atoms with E-state index < -0.39 is 0 Å². The average Bonchev–Trinajstić information content (AvgIpc) is 3.02. The van der Waals surface area contributed by atoms with Crippen molar-refractivity contribution in [2.24, 2.45) is 4.99 Å². The molecule has 1 heterocycles. The third-order valence-corrected chi connectivity index (χ3v) is 4.91. The van der Waals surface area contributed by atoms with Crippen LogP contribution in [-0.4, -0.2) is 24.5 Å². The second-order valence-corrected chi connectivity index (χ2v) is 7.03. The second kappa shape index (κ2) is 8.98. The molecule has 0 fully saturated rings. The van der Waals surface area contributed by atoms with E-state index in [0.29, 0.717) is 31.0 Å². The Morgan fingerprint density at radius 3 is 2.91 bits per heavy atom. The molecule has 2 aromatic rings. The third-order valence-electron chi connectivity index (χ3n) is 3.28. The largest absolute Gasteiger partial charge is 0.356 e. The predicted octanol–water partition coefficient (Wildman–Crippen LogP) is 3.51. The van der Waals surface area contributed by atoms with E-state index >= 15 is 0 Å². The van der Waals surface area contributed by atoms with Crippen molar-refractivity contribution in [3.05, 3.63) is 50.1 Å². The fourth-order valence-electron chi connectivity index (χ4n) is 2.02. The van der Waals surface area contributed by atoms with Gasteiger partial charge < -0.3 is 10.6 Å². The number of halogens is 2. The molecule has 0 unspecified atom stereocenters. The number of benzene rings is 1. The SMILES string of the molecule is CCc1cnc(CNC(=NC)NCCc2cc(Br)ccc2F)s1. The van der Waals surface area contributed by atoms with Gasteiger partial charge in [0.2, 0.25) is 0 Å². The van der Waals surface area contributed by atoms with E-state index in [4.69, 9.17) is 0 Å². The molecule has 0 saturated carbocycles. The van der Waals surface area contributed by atoms with Gasteiger partial charge in [-0.05, 0) is 36.6 Å². The van der Waals surface area contributed by atoms with Gasteiger partial charge in [0.05, 0.1) is 6.54 Å². The molecule has 124 valence electrons. The number of guanidine groups is 1. The van der Waals surface area contributed by atoms with Crippen LogP contribution in [0.1, 0.15) is 22.4 Å². The Hall–Kier alpha value is -1.47. The highest BCUT2D eigenvalue weighted by molar-refractivity contribution is 9.10. The molecule has 4 nitrogen and oxygen atoms in total. The predicted molar refractivity (Wildman–Crippen MR) is 97.5 cm³/mol. The topological polar surface area (TPSA) is 49.3 Å². The summed E-state index contributed by atoms with van der Waals surface area (Å²) in [5, 5.41) is 7.44. The van der Waals surface area contributed by atoms with Gasteiger partial charge in [-0.1, -0.05) is 22.9 Å². The van der Waals surface area contributed by atoms with Crippen LogP contribution in [0.3, 0.4) is 0 Å². The molecule has 23 heavy (non-hydrogen) atoms. The number of aliphatic imine (C=N–C) groups is 1. The van der Waals surface area contributed by atoms with Crippen LogP contribution >= 0.6 is 27.3 Å². The van der Waals surface area contributed by atoms with Crippen molar-refractivity contribution in [2.45, 2.75) is 26.3 Å².